The van der Waals surface area contributed by atoms with Crippen LogP contribution in [0.2, 0.25) is 0 Å². The molecule has 1 heterocycles. The van der Waals surface area contributed by atoms with Crippen LogP contribution in [-0.4, -0.2) is 9.55 Å². The molecule has 0 radical (unpaired) electrons. The Kier molecular flexibility index (Phi) is 2.90. The Labute approximate surface area is 81.1 Å². The van der Waals surface area contributed by atoms with Gasteiger partial charge in [0.05, 0.1) is 5.69 Å². The smallest absolute Gasteiger partial charge is 0.128 e. The molecule has 0 aliphatic carbocycles. The van der Waals surface area contributed by atoms with Gasteiger partial charge >= 0.3 is 0 Å². The van der Waals surface area contributed by atoms with Gasteiger partial charge in [-0.15, -0.1) is 0 Å². The molecule has 0 saturated carbocycles. The van der Waals surface area contributed by atoms with Crippen molar-refractivity contribution in [2.75, 3.05) is 0 Å². The molecule has 0 bridgehead atoms. The average molecular weight is 232 g/mol. The van der Waals surface area contributed by atoms with Crippen LogP contribution >= 0.6 is 15.9 Å². The van der Waals surface area contributed by atoms with Crippen LogP contribution in [0.3, 0.4) is 0 Å². The summed E-state index contributed by atoms with van der Waals surface area (Å²) < 4.78 is 2.92. The van der Waals surface area contributed by atoms with Gasteiger partial charge in [-0.05, 0) is 15.9 Å². The predicted molar refractivity (Wildman–Crippen MR) is 52.9 cm³/mol. The summed E-state index contributed by atoms with van der Waals surface area (Å²) in [6.07, 6.45) is 0. The van der Waals surface area contributed by atoms with E-state index >= 15 is 0 Å². The van der Waals surface area contributed by atoms with Gasteiger partial charge in [0.2, 0.25) is 0 Å². The van der Waals surface area contributed by atoms with Crippen molar-refractivity contribution >= 4 is 15.9 Å². The first-order valence-corrected chi connectivity index (χ1v) is 4.78. The van der Waals surface area contributed by atoms with Crippen molar-refractivity contribution in [1.29, 1.82) is 0 Å². The predicted octanol–water partition coefficient (Wildman–Crippen LogP) is 1.76. The lowest BCUT2D eigenvalue weighted by Gasteiger charge is -2.06. The van der Waals surface area contributed by atoms with Gasteiger partial charge in [-0.1, -0.05) is 13.8 Å². The number of hydrogen-bond acceptors (Lipinski definition) is 2. The molecule has 1 aromatic heterocycles. The van der Waals surface area contributed by atoms with E-state index < -0.39 is 0 Å². The lowest BCUT2D eigenvalue weighted by atomic mass is 10.2. The monoisotopic (exact) mass is 231 g/mol. The molecule has 68 valence electrons. The molecule has 1 aromatic rings. The molecule has 0 aliphatic heterocycles. The van der Waals surface area contributed by atoms with E-state index in [0.717, 1.165) is 16.1 Å². The Hall–Kier alpha value is -0.350. The third-order valence-electron chi connectivity index (χ3n) is 1.91. The number of rotatable bonds is 2. The van der Waals surface area contributed by atoms with Gasteiger partial charge in [0, 0.05) is 19.5 Å². The molecule has 1 rings (SSSR count). The molecule has 2 N–H and O–H groups in total. The van der Waals surface area contributed by atoms with Crippen molar-refractivity contribution in [3.63, 3.8) is 0 Å². The molecule has 0 atom stereocenters. The van der Waals surface area contributed by atoms with Crippen LogP contribution in [0.1, 0.15) is 31.3 Å². The highest BCUT2D eigenvalue weighted by Gasteiger charge is 2.12. The van der Waals surface area contributed by atoms with E-state index in [-0.39, 0.29) is 0 Å². The molecule has 0 aromatic carbocycles. The Morgan fingerprint density at radius 1 is 1.58 bits per heavy atom. The molecule has 0 amide bonds. The maximum Gasteiger partial charge on any atom is 0.128 e. The lowest BCUT2D eigenvalue weighted by molar-refractivity contribution is 0.688. The van der Waals surface area contributed by atoms with Crippen molar-refractivity contribution in [3.8, 4) is 0 Å². The van der Waals surface area contributed by atoms with E-state index in [1.807, 2.05) is 7.05 Å². The second kappa shape index (κ2) is 3.58. The Morgan fingerprint density at radius 2 is 2.17 bits per heavy atom. The number of hydrogen-bond donors (Lipinski definition) is 1. The summed E-state index contributed by atoms with van der Waals surface area (Å²) in [6, 6.07) is 0. The zero-order valence-electron chi connectivity index (χ0n) is 7.63. The van der Waals surface area contributed by atoms with E-state index in [1.54, 1.807) is 0 Å². The molecule has 12 heavy (non-hydrogen) atoms. The summed E-state index contributed by atoms with van der Waals surface area (Å²) in [7, 11) is 2.00. The summed E-state index contributed by atoms with van der Waals surface area (Å²) in [4.78, 5) is 4.38. The summed E-state index contributed by atoms with van der Waals surface area (Å²) in [6.45, 7) is 4.76. The van der Waals surface area contributed by atoms with Crippen LogP contribution in [0, 0.1) is 0 Å². The van der Waals surface area contributed by atoms with Crippen molar-refractivity contribution in [1.82, 2.24) is 9.55 Å². The van der Waals surface area contributed by atoms with Crippen LogP contribution in [0.4, 0.5) is 0 Å². The number of imidazole rings is 1. The molecular formula is C8H14BrN3. The molecule has 3 nitrogen and oxygen atoms in total. The van der Waals surface area contributed by atoms with Gasteiger partial charge in [-0.2, -0.15) is 0 Å². The van der Waals surface area contributed by atoms with Gasteiger partial charge < -0.3 is 10.3 Å². The number of nitrogens with two attached hydrogens (primary N) is 1. The van der Waals surface area contributed by atoms with Crippen LogP contribution in [0.15, 0.2) is 4.60 Å². The minimum Gasteiger partial charge on any atom is -0.333 e. The molecular weight excluding hydrogens is 218 g/mol. The zero-order chi connectivity index (χ0) is 9.30. The van der Waals surface area contributed by atoms with Crippen molar-refractivity contribution in [2.45, 2.75) is 26.3 Å². The molecule has 0 fully saturated rings. The summed E-state index contributed by atoms with van der Waals surface area (Å²) in [5.74, 6) is 1.51. The van der Waals surface area contributed by atoms with Crippen molar-refractivity contribution in [2.24, 2.45) is 12.8 Å². The number of nitrogens with zero attached hydrogens (tertiary/aromatic N) is 2. The normalized spacial score (nSPS) is 11.2. The Morgan fingerprint density at radius 3 is 2.42 bits per heavy atom. The summed E-state index contributed by atoms with van der Waals surface area (Å²) in [5.41, 5.74) is 6.63. The van der Waals surface area contributed by atoms with Gasteiger partial charge in [0.1, 0.15) is 10.4 Å². The molecule has 0 unspecified atom stereocenters. The van der Waals surface area contributed by atoms with Gasteiger partial charge in [0.25, 0.3) is 0 Å². The number of halogens is 1. The van der Waals surface area contributed by atoms with Gasteiger partial charge in [-0.3, -0.25) is 0 Å². The standard InChI is InChI=1S/C8H14BrN3/c1-5(2)8-11-7(9)6(4-10)12(8)3/h5H,4,10H2,1-3H3. The van der Waals surface area contributed by atoms with Crippen LogP contribution < -0.4 is 5.73 Å². The first-order chi connectivity index (χ1) is 5.57. The third-order valence-corrected chi connectivity index (χ3v) is 2.54. The maximum atomic E-state index is 5.57. The van der Waals surface area contributed by atoms with Crippen molar-refractivity contribution in [3.05, 3.63) is 16.1 Å². The Bertz CT molecular complexity index is 278. The van der Waals surface area contributed by atoms with Crippen LogP contribution in [-0.2, 0) is 13.6 Å². The fourth-order valence-corrected chi connectivity index (χ4v) is 1.86. The van der Waals surface area contributed by atoms with E-state index in [1.165, 1.54) is 0 Å². The summed E-state index contributed by atoms with van der Waals surface area (Å²) >= 11 is 3.38. The minimum atomic E-state index is 0.437. The first kappa shape index (κ1) is 9.74. The average Bonchev–Trinajstić information content (AvgIpc) is 2.27. The van der Waals surface area contributed by atoms with E-state index in [0.29, 0.717) is 12.5 Å². The molecule has 0 aliphatic rings. The molecule has 0 spiro atoms. The topological polar surface area (TPSA) is 43.8 Å². The lowest BCUT2D eigenvalue weighted by Crippen LogP contribution is -2.07. The van der Waals surface area contributed by atoms with E-state index in [2.05, 4.69) is 39.3 Å². The molecule has 4 heteroatoms. The highest BCUT2D eigenvalue weighted by atomic mass is 79.9. The van der Waals surface area contributed by atoms with E-state index in [4.69, 9.17) is 5.73 Å². The SMILES string of the molecule is CC(C)c1nc(Br)c(CN)n1C. The van der Waals surface area contributed by atoms with Crippen LogP contribution in [0.25, 0.3) is 0 Å². The zero-order valence-corrected chi connectivity index (χ0v) is 9.22. The van der Waals surface area contributed by atoms with Gasteiger partial charge in [0.15, 0.2) is 0 Å². The van der Waals surface area contributed by atoms with Gasteiger partial charge in [-0.25, -0.2) is 4.98 Å². The third kappa shape index (κ3) is 1.54. The quantitative estimate of drug-likeness (QED) is 0.844. The number of aromatic nitrogens is 2. The fourth-order valence-electron chi connectivity index (χ4n) is 1.25. The van der Waals surface area contributed by atoms with E-state index in [9.17, 15) is 0 Å². The second-order valence-corrected chi connectivity index (χ2v) is 3.88. The molecule has 0 saturated heterocycles. The minimum absolute atomic E-state index is 0.437. The van der Waals surface area contributed by atoms with Crippen LogP contribution in [0.5, 0.6) is 0 Å². The first-order valence-electron chi connectivity index (χ1n) is 3.99. The second-order valence-electron chi connectivity index (χ2n) is 3.13. The Balaban J connectivity index is 3.17. The largest absolute Gasteiger partial charge is 0.333 e. The maximum absolute atomic E-state index is 5.57. The highest BCUT2D eigenvalue weighted by molar-refractivity contribution is 9.10. The summed E-state index contributed by atoms with van der Waals surface area (Å²) in [5, 5.41) is 0. The fraction of sp³-hybridized carbons (Fsp3) is 0.625. The highest BCUT2D eigenvalue weighted by Crippen LogP contribution is 2.21. The van der Waals surface area contributed by atoms with Crippen molar-refractivity contribution < 1.29 is 0 Å².